The number of benzene rings is 1. The van der Waals surface area contributed by atoms with Gasteiger partial charge in [0.05, 0.1) is 4.92 Å². The Morgan fingerprint density at radius 1 is 1.28 bits per heavy atom. The molecular weight excluding hydrogens is 324 g/mol. The average molecular weight is 348 g/mol. The maximum atomic E-state index is 11.9. The number of nitro benzene ring substituents is 1. The van der Waals surface area contributed by atoms with Gasteiger partial charge in [-0.1, -0.05) is 6.07 Å². The second-order valence-electron chi connectivity index (χ2n) is 6.54. The fourth-order valence-electron chi connectivity index (χ4n) is 2.88. The zero-order valence-corrected chi connectivity index (χ0v) is 14.5. The molecule has 2 N–H and O–H groups in total. The van der Waals surface area contributed by atoms with Gasteiger partial charge in [0.2, 0.25) is 0 Å². The molecule has 1 heterocycles. The highest BCUT2D eigenvalue weighted by atomic mass is 16.6. The van der Waals surface area contributed by atoms with Crippen molar-refractivity contribution in [3.05, 3.63) is 34.4 Å². The predicted octanol–water partition coefficient (Wildman–Crippen LogP) is 1.77. The third kappa shape index (κ3) is 5.53. The Bertz CT molecular complexity index is 639. The summed E-state index contributed by atoms with van der Waals surface area (Å²) in [6.45, 7) is 6.80. The lowest BCUT2D eigenvalue weighted by atomic mass is 9.96. The molecule has 1 aromatic rings. The zero-order valence-electron chi connectivity index (χ0n) is 14.5. The number of likely N-dealkylation sites (tertiary alicyclic amines) is 1. The van der Waals surface area contributed by atoms with Gasteiger partial charge in [-0.25, -0.2) is 0 Å². The quantitative estimate of drug-likeness (QED) is 0.479. The van der Waals surface area contributed by atoms with Gasteiger partial charge in [-0.2, -0.15) is 0 Å². The van der Waals surface area contributed by atoms with Gasteiger partial charge in [0.1, 0.15) is 0 Å². The highest BCUT2D eigenvalue weighted by Crippen LogP contribution is 2.18. The molecule has 0 aromatic heterocycles. The third-order valence-corrected chi connectivity index (χ3v) is 4.45. The molecule has 0 radical (unpaired) electrons. The largest absolute Gasteiger partial charge is 0.348 e. The van der Waals surface area contributed by atoms with Crippen LogP contribution in [0.15, 0.2) is 24.3 Å². The van der Waals surface area contributed by atoms with E-state index in [4.69, 9.17) is 0 Å². The van der Waals surface area contributed by atoms with Crippen LogP contribution in [-0.4, -0.2) is 47.3 Å². The van der Waals surface area contributed by atoms with Crippen LogP contribution in [0.25, 0.3) is 0 Å². The van der Waals surface area contributed by atoms with Crippen LogP contribution in [0.1, 0.15) is 26.7 Å². The number of carbonyl (C=O) groups is 2. The summed E-state index contributed by atoms with van der Waals surface area (Å²) in [4.78, 5) is 36.4. The number of nitrogens with zero attached hydrogens (tertiary/aromatic N) is 2. The van der Waals surface area contributed by atoms with E-state index in [0.29, 0.717) is 18.5 Å². The van der Waals surface area contributed by atoms with Crippen LogP contribution in [-0.2, 0) is 9.59 Å². The van der Waals surface area contributed by atoms with Crippen molar-refractivity contribution in [1.29, 1.82) is 0 Å². The van der Waals surface area contributed by atoms with E-state index in [-0.39, 0.29) is 11.4 Å². The Hall–Kier alpha value is -2.48. The van der Waals surface area contributed by atoms with Crippen LogP contribution in [0.4, 0.5) is 11.4 Å². The highest BCUT2D eigenvalue weighted by Gasteiger charge is 2.22. The van der Waals surface area contributed by atoms with E-state index in [0.717, 1.165) is 25.9 Å². The van der Waals surface area contributed by atoms with Crippen LogP contribution in [0.2, 0.25) is 0 Å². The second-order valence-corrected chi connectivity index (χ2v) is 6.54. The first-order valence-corrected chi connectivity index (χ1v) is 8.44. The molecular formula is C17H24N4O4. The van der Waals surface area contributed by atoms with Gasteiger partial charge in [0.25, 0.3) is 5.69 Å². The van der Waals surface area contributed by atoms with Crippen LogP contribution in [0.5, 0.6) is 0 Å². The summed E-state index contributed by atoms with van der Waals surface area (Å²) < 4.78 is 0. The van der Waals surface area contributed by atoms with Crippen molar-refractivity contribution in [2.24, 2.45) is 5.92 Å². The molecule has 0 aliphatic carbocycles. The minimum atomic E-state index is -0.819. The minimum Gasteiger partial charge on any atom is -0.348 e. The van der Waals surface area contributed by atoms with Gasteiger partial charge in [0.15, 0.2) is 0 Å². The summed E-state index contributed by atoms with van der Waals surface area (Å²) in [5, 5.41) is 15.8. The summed E-state index contributed by atoms with van der Waals surface area (Å²) in [5.41, 5.74) is 0.0784. The summed E-state index contributed by atoms with van der Waals surface area (Å²) >= 11 is 0. The maximum absolute atomic E-state index is 11.9. The monoisotopic (exact) mass is 348 g/mol. The van der Waals surface area contributed by atoms with Crippen molar-refractivity contribution in [1.82, 2.24) is 10.2 Å². The van der Waals surface area contributed by atoms with Gasteiger partial charge in [-0.15, -0.1) is 0 Å². The number of carbonyl (C=O) groups excluding carboxylic acids is 2. The van der Waals surface area contributed by atoms with Gasteiger partial charge in [0, 0.05) is 30.4 Å². The van der Waals surface area contributed by atoms with E-state index in [1.165, 1.54) is 24.3 Å². The number of nitro groups is 1. The van der Waals surface area contributed by atoms with Gasteiger partial charge < -0.3 is 15.5 Å². The Morgan fingerprint density at radius 2 is 1.96 bits per heavy atom. The lowest BCUT2D eigenvalue weighted by molar-refractivity contribution is -0.384. The Labute approximate surface area is 146 Å². The smallest absolute Gasteiger partial charge is 0.313 e. The van der Waals surface area contributed by atoms with E-state index >= 15 is 0 Å². The fraction of sp³-hybridized carbons (Fsp3) is 0.529. The molecule has 2 amide bonds. The topological polar surface area (TPSA) is 105 Å². The third-order valence-electron chi connectivity index (χ3n) is 4.45. The molecule has 1 aromatic carbocycles. The molecule has 25 heavy (non-hydrogen) atoms. The number of non-ortho nitro benzene ring substituents is 1. The van der Waals surface area contributed by atoms with Crippen molar-refractivity contribution < 1.29 is 14.5 Å². The molecule has 0 atom stereocenters. The number of rotatable bonds is 5. The zero-order chi connectivity index (χ0) is 18.4. The number of hydrogen-bond acceptors (Lipinski definition) is 5. The minimum absolute atomic E-state index is 0.143. The van der Waals surface area contributed by atoms with Crippen molar-refractivity contribution in [2.45, 2.75) is 32.7 Å². The molecule has 1 saturated heterocycles. The van der Waals surface area contributed by atoms with E-state index < -0.39 is 16.7 Å². The van der Waals surface area contributed by atoms with Gasteiger partial charge >= 0.3 is 11.8 Å². The first kappa shape index (κ1) is 18.9. The van der Waals surface area contributed by atoms with Gasteiger partial charge in [-0.05, 0) is 51.8 Å². The highest BCUT2D eigenvalue weighted by molar-refractivity contribution is 6.39. The van der Waals surface area contributed by atoms with Gasteiger partial charge in [-0.3, -0.25) is 19.7 Å². The lowest BCUT2D eigenvalue weighted by Gasteiger charge is -2.34. The molecule has 0 bridgehead atoms. The van der Waals surface area contributed by atoms with Crippen molar-refractivity contribution in [3.8, 4) is 0 Å². The Kier molecular flexibility index (Phi) is 6.46. The normalized spacial score (nSPS) is 15.8. The average Bonchev–Trinajstić information content (AvgIpc) is 2.60. The first-order valence-electron chi connectivity index (χ1n) is 8.44. The van der Waals surface area contributed by atoms with E-state index in [1.54, 1.807) is 0 Å². The lowest BCUT2D eigenvalue weighted by Crippen LogP contribution is -2.43. The molecule has 8 heteroatoms. The molecule has 0 unspecified atom stereocenters. The molecule has 1 aliphatic heterocycles. The van der Waals surface area contributed by atoms with Crippen LogP contribution in [0, 0.1) is 16.0 Å². The standard InChI is InChI=1S/C17H24N4O4/c1-12(2)20-8-6-13(7-9-20)11-18-16(22)17(23)19-14-4-3-5-15(10-14)21(24)25/h3-5,10,12-13H,6-9,11H2,1-2H3,(H,18,22)(H,19,23). The van der Waals surface area contributed by atoms with Crippen LogP contribution in [0.3, 0.4) is 0 Å². The Morgan fingerprint density at radius 3 is 2.56 bits per heavy atom. The number of piperidine rings is 1. The second kappa shape index (κ2) is 8.57. The number of hydrogen-bond donors (Lipinski definition) is 2. The molecule has 0 saturated carbocycles. The van der Waals surface area contributed by atoms with Crippen LogP contribution >= 0.6 is 0 Å². The van der Waals surface area contributed by atoms with E-state index in [9.17, 15) is 19.7 Å². The fourth-order valence-corrected chi connectivity index (χ4v) is 2.88. The van der Waals surface area contributed by atoms with E-state index in [2.05, 4.69) is 29.4 Å². The van der Waals surface area contributed by atoms with Crippen molar-refractivity contribution >= 4 is 23.2 Å². The van der Waals surface area contributed by atoms with Crippen molar-refractivity contribution in [3.63, 3.8) is 0 Å². The summed E-state index contributed by atoms with van der Waals surface area (Å²) in [6, 6.07) is 6.01. The SMILES string of the molecule is CC(C)N1CCC(CNC(=O)C(=O)Nc2cccc([N+](=O)[O-])c2)CC1. The number of amides is 2. The van der Waals surface area contributed by atoms with Crippen LogP contribution < -0.4 is 10.6 Å². The summed E-state index contributed by atoms with van der Waals surface area (Å²) in [6.07, 6.45) is 1.98. The Balaban J connectivity index is 1.78. The first-order chi connectivity index (χ1) is 11.9. The summed E-state index contributed by atoms with van der Waals surface area (Å²) in [7, 11) is 0. The molecule has 136 valence electrons. The number of nitrogens with one attached hydrogen (secondary N) is 2. The molecule has 8 nitrogen and oxygen atoms in total. The van der Waals surface area contributed by atoms with E-state index in [1.807, 2.05) is 0 Å². The van der Waals surface area contributed by atoms with Crippen molar-refractivity contribution in [2.75, 3.05) is 25.0 Å². The molecule has 1 aliphatic rings. The molecule has 0 spiro atoms. The molecule has 2 rings (SSSR count). The maximum Gasteiger partial charge on any atom is 0.313 e. The predicted molar refractivity (Wildman–Crippen MR) is 94.2 cm³/mol. The number of anilines is 1. The molecule has 1 fully saturated rings. The summed E-state index contributed by atoms with van der Waals surface area (Å²) in [5.74, 6) is -1.18.